The molecule has 0 heterocycles. The predicted octanol–water partition coefficient (Wildman–Crippen LogP) is 4.78. The van der Waals surface area contributed by atoms with Crippen LogP contribution < -0.4 is 5.32 Å². The number of benzene rings is 2. The van der Waals surface area contributed by atoms with Gasteiger partial charge in [0.1, 0.15) is 0 Å². The molecule has 0 aliphatic rings. The first kappa shape index (κ1) is 19.7. The smallest absolute Gasteiger partial charge is 0.338 e. The number of rotatable bonds is 9. The molecule has 4 heteroatoms. The molecule has 0 radical (unpaired) electrons. The van der Waals surface area contributed by atoms with Crippen LogP contribution in [-0.4, -0.2) is 18.5 Å². The molecule has 0 spiro atoms. The van der Waals surface area contributed by atoms with Crippen molar-refractivity contribution in [2.24, 2.45) is 0 Å². The number of hydrogen-bond donors (Lipinski definition) is 1. The van der Waals surface area contributed by atoms with Gasteiger partial charge in [-0.25, -0.2) is 4.79 Å². The number of unbranched alkanes of at least 4 members (excludes halogenated alkanes) is 1. The summed E-state index contributed by atoms with van der Waals surface area (Å²) in [5.41, 5.74) is 3.63. The molecule has 0 unspecified atom stereocenters. The summed E-state index contributed by atoms with van der Waals surface area (Å²) in [6, 6.07) is 15.2. The Hall–Kier alpha value is -2.62. The summed E-state index contributed by atoms with van der Waals surface area (Å²) < 4.78 is 5.17. The molecule has 1 amide bonds. The molecule has 2 aromatic rings. The Morgan fingerprint density at radius 3 is 2.19 bits per heavy atom. The Morgan fingerprint density at radius 1 is 0.923 bits per heavy atom. The summed E-state index contributed by atoms with van der Waals surface area (Å²) in [7, 11) is 0. The van der Waals surface area contributed by atoms with Crippen molar-refractivity contribution in [2.75, 3.05) is 11.9 Å². The van der Waals surface area contributed by atoms with E-state index in [1.54, 1.807) is 24.3 Å². The number of nitrogens with one attached hydrogen (secondary N) is 1. The second-order valence-electron chi connectivity index (χ2n) is 6.29. The van der Waals surface area contributed by atoms with E-state index in [0.717, 1.165) is 24.8 Å². The van der Waals surface area contributed by atoms with Crippen LogP contribution in [0.25, 0.3) is 0 Å². The van der Waals surface area contributed by atoms with Crippen molar-refractivity contribution in [3.8, 4) is 0 Å². The van der Waals surface area contributed by atoms with Crippen molar-refractivity contribution in [3.63, 3.8) is 0 Å². The number of hydrogen-bond acceptors (Lipinski definition) is 3. The molecule has 0 aliphatic carbocycles. The topological polar surface area (TPSA) is 55.4 Å². The molecule has 26 heavy (non-hydrogen) atoms. The zero-order valence-electron chi connectivity index (χ0n) is 15.6. The van der Waals surface area contributed by atoms with Crippen molar-refractivity contribution < 1.29 is 14.3 Å². The molecular formula is C22H27NO3. The number of carbonyl (C=O) groups is 2. The van der Waals surface area contributed by atoms with E-state index < -0.39 is 0 Å². The molecule has 2 rings (SSSR count). The van der Waals surface area contributed by atoms with Gasteiger partial charge in [-0.05, 0) is 54.7 Å². The number of esters is 1. The summed E-state index contributed by atoms with van der Waals surface area (Å²) >= 11 is 0. The second kappa shape index (κ2) is 10.4. The highest BCUT2D eigenvalue weighted by molar-refractivity contribution is 5.93. The third kappa shape index (κ3) is 6.36. The van der Waals surface area contributed by atoms with Crippen LogP contribution in [0.5, 0.6) is 0 Å². The number of amides is 1. The van der Waals surface area contributed by atoms with Crippen molar-refractivity contribution in [1.29, 1.82) is 0 Å². The first-order valence-electron chi connectivity index (χ1n) is 9.27. The van der Waals surface area contributed by atoms with Crippen LogP contribution >= 0.6 is 0 Å². The average Bonchev–Trinajstić information content (AvgIpc) is 2.67. The standard InChI is InChI=1S/C22H27NO3/c1-3-5-16-26-22(25)19-11-13-20(14-12-19)23-21(24)15-10-18-8-6-17(4-2)7-9-18/h6-9,11-14H,3-5,10,15-16H2,1-2H3,(H,23,24). The van der Waals surface area contributed by atoms with Crippen LogP contribution in [0.15, 0.2) is 48.5 Å². The maximum Gasteiger partial charge on any atom is 0.338 e. The molecule has 1 N–H and O–H groups in total. The Kier molecular flexibility index (Phi) is 7.87. The van der Waals surface area contributed by atoms with E-state index in [-0.39, 0.29) is 11.9 Å². The van der Waals surface area contributed by atoms with Gasteiger partial charge in [-0.2, -0.15) is 0 Å². The molecule has 0 bridgehead atoms. The molecule has 0 saturated heterocycles. The fourth-order valence-corrected chi connectivity index (χ4v) is 2.51. The number of ether oxygens (including phenoxy) is 1. The minimum Gasteiger partial charge on any atom is -0.462 e. The SMILES string of the molecule is CCCCOC(=O)c1ccc(NC(=O)CCc2ccc(CC)cc2)cc1. The van der Waals surface area contributed by atoms with Gasteiger partial charge < -0.3 is 10.1 Å². The van der Waals surface area contributed by atoms with Crippen molar-refractivity contribution in [3.05, 3.63) is 65.2 Å². The van der Waals surface area contributed by atoms with Crippen LogP contribution in [0, 0.1) is 0 Å². The van der Waals surface area contributed by atoms with E-state index in [0.29, 0.717) is 30.7 Å². The van der Waals surface area contributed by atoms with Gasteiger partial charge in [0.05, 0.1) is 12.2 Å². The van der Waals surface area contributed by atoms with E-state index in [1.807, 2.05) is 6.92 Å². The summed E-state index contributed by atoms with van der Waals surface area (Å²) in [6.45, 7) is 4.61. The highest BCUT2D eigenvalue weighted by Gasteiger charge is 2.08. The van der Waals surface area contributed by atoms with E-state index in [1.165, 1.54) is 5.56 Å². The molecule has 2 aromatic carbocycles. The molecule has 0 aromatic heterocycles. The lowest BCUT2D eigenvalue weighted by molar-refractivity contribution is -0.116. The van der Waals surface area contributed by atoms with E-state index in [9.17, 15) is 9.59 Å². The van der Waals surface area contributed by atoms with Gasteiger partial charge in [0.15, 0.2) is 0 Å². The van der Waals surface area contributed by atoms with Crippen LogP contribution in [-0.2, 0) is 22.4 Å². The highest BCUT2D eigenvalue weighted by Crippen LogP contribution is 2.12. The van der Waals surface area contributed by atoms with Crippen molar-refractivity contribution in [1.82, 2.24) is 0 Å². The van der Waals surface area contributed by atoms with Crippen LogP contribution in [0.1, 0.15) is 54.6 Å². The number of anilines is 1. The maximum atomic E-state index is 12.1. The average molecular weight is 353 g/mol. The first-order chi connectivity index (χ1) is 12.6. The Balaban J connectivity index is 1.80. The monoisotopic (exact) mass is 353 g/mol. The lowest BCUT2D eigenvalue weighted by Crippen LogP contribution is -2.12. The largest absolute Gasteiger partial charge is 0.462 e. The molecule has 0 aliphatic heterocycles. The second-order valence-corrected chi connectivity index (χ2v) is 6.29. The van der Waals surface area contributed by atoms with Gasteiger partial charge in [0, 0.05) is 12.1 Å². The van der Waals surface area contributed by atoms with Gasteiger partial charge in [0.2, 0.25) is 5.91 Å². The molecule has 0 atom stereocenters. The van der Waals surface area contributed by atoms with Crippen molar-refractivity contribution >= 4 is 17.6 Å². The third-order valence-corrected chi connectivity index (χ3v) is 4.21. The van der Waals surface area contributed by atoms with Crippen LogP contribution in [0.2, 0.25) is 0 Å². The molecule has 4 nitrogen and oxygen atoms in total. The molecule has 138 valence electrons. The lowest BCUT2D eigenvalue weighted by Gasteiger charge is -2.07. The van der Waals surface area contributed by atoms with Crippen molar-refractivity contribution in [2.45, 2.75) is 46.0 Å². The van der Waals surface area contributed by atoms with Crippen LogP contribution in [0.3, 0.4) is 0 Å². The fraction of sp³-hybridized carbons (Fsp3) is 0.364. The zero-order valence-corrected chi connectivity index (χ0v) is 15.6. The zero-order chi connectivity index (χ0) is 18.8. The third-order valence-electron chi connectivity index (χ3n) is 4.21. The fourth-order valence-electron chi connectivity index (χ4n) is 2.51. The molecular weight excluding hydrogens is 326 g/mol. The minimum absolute atomic E-state index is 0.0390. The van der Waals surface area contributed by atoms with E-state index in [4.69, 9.17) is 4.74 Å². The molecule has 0 fully saturated rings. The normalized spacial score (nSPS) is 10.4. The number of aryl methyl sites for hydroxylation is 2. The van der Waals surface area contributed by atoms with Gasteiger partial charge in [-0.15, -0.1) is 0 Å². The van der Waals surface area contributed by atoms with E-state index in [2.05, 4.69) is 36.5 Å². The van der Waals surface area contributed by atoms with Crippen LogP contribution in [0.4, 0.5) is 5.69 Å². The van der Waals surface area contributed by atoms with Gasteiger partial charge in [-0.3, -0.25) is 4.79 Å². The maximum absolute atomic E-state index is 12.1. The Bertz CT molecular complexity index is 705. The van der Waals surface area contributed by atoms with E-state index >= 15 is 0 Å². The number of carbonyl (C=O) groups excluding carboxylic acids is 2. The Labute approximate surface area is 155 Å². The predicted molar refractivity (Wildman–Crippen MR) is 104 cm³/mol. The summed E-state index contributed by atoms with van der Waals surface area (Å²) in [5.74, 6) is -0.366. The van der Waals surface area contributed by atoms with Gasteiger partial charge in [-0.1, -0.05) is 44.5 Å². The molecule has 0 saturated carbocycles. The summed E-state index contributed by atoms with van der Waals surface area (Å²) in [4.78, 5) is 23.9. The Morgan fingerprint density at radius 2 is 1.58 bits per heavy atom. The summed E-state index contributed by atoms with van der Waals surface area (Å²) in [5, 5.41) is 2.86. The quantitative estimate of drug-likeness (QED) is 0.521. The van der Waals surface area contributed by atoms with Gasteiger partial charge in [0.25, 0.3) is 0 Å². The van der Waals surface area contributed by atoms with Gasteiger partial charge >= 0.3 is 5.97 Å². The first-order valence-corrected chi connectivity index (χ1v) is 9.27. The lowest BCUT2D eigenvalue weighted by atomic mass is 10.1. The summed E-state index contributed by atoms with van der Waals surface area (Å²) in [6.07, 6.45) is 3.99. The minimum atomic E-state index is -0.327. The highest BCUT2D eigenvalue weighted by atomic mass is 16.5.